The van der Waals surface area contributed by atoms with Gasteiger partial charge in [-0.2, -0.15) is 0 Å². The number of carbonyl (C=O) groups excluding carboxylic acids is 2. The van der Waals surface area contributed by atoms with Crippen LogP contribution < -0.4 is 5.32 Å². The van der Waals surface area contributed by atoms with Crippen molar-refractivity contribution in [2.24, 2.45) is 0 Å². The second-order valence-electron chi connectivity index (χ2n) is 6.45. The third-order valence-corrected chi connectivity index (χ3v) is 4.03. The predicted octanol–water partition coefficient (Wildman–Crippen LogP) is 2.51. The normalized spacial score (nSPS) is 17.1. The van der Waals surface area contributed by atoms with Crippen LogP contribution in [0.4, 0.5) is 0 Å². The zero-order valence-electron chi connectivity index (χ0n) is 18.1. The first-order valence-corrected chi connectivity index (χ1v) is 10.6. The molecule has 3 aliphatic rings. The highest BCUT2D eigenvalue weighted by Gasteiger charge is 2.06. The Morgan fingerprint density at radius 2 is 1.59 bits per heavy atom. The van der Waals surface area contributed by atoms with Gasteiger partial charge in [0, 0.05) is 44.5 Å². The first-order chi connectivity index (χ1) is 14.1. The van der Waals surface area contributed by atoms with E-state index in [1.807, 2.05) is 13.1 Å². The first kappa shape index (κ1) is 27.0. The maximum absolute atomic E-state index is 10.9. The van der Waals surface area contributed by atoms with E-state index in [2.05, 4.69) is 21.4 Å². The van der Waals surface area contributed by atoms with Gasteiger partial charge >= 0.3 is 11.9 Å². The van der Waals surface area contributed by atoms with Crippen molar-refractivity contribution in [2.45, 2.75) is 52.4 Å². The van der Waals surface area contributed by atoms with Gasteiger partial charge in [-0.25, -0.2) is 9.59 Å². The molecule has 0 aliphatic carbocycles. The Bertz CT molecular complexity index is 449. The summed E-state index contributed by atoms with van der Waals surface area (Å²) < 4.78 is 14.0. The SMILES string of the molecule is C#CC(=O)OCC.C1CCNC1.C1CCOC1.CCOC(=O)/C=C/N1CCCC1. The fourth-order valence-corrected chi connectivity index (χ4v) is 2.56. The van der Waals surface area contributed by atoms with Crippen LogP contribution in [0, 0.1) is 12.3 Å². The van der Waals surface area contributed by atoms with Crippen LogP contribution in [0.25, 0.3) is 0 Å². The van der Waals surface area contributed by atoms with Crippen LogP contribution in [0.15, 0.2) is 12.3 Å². The fourth-order valence-electron chi connectivity index (χ4n) is 2.56. The number of ether oxygens (including phenoxy) is 3. The largest absolute Gasteiger partial charge is 0.463 e. The van der Waals surface area contributed by atoms with Gasteiger partial charge in [-0.3, -0.25) is 0 Å². The maximum atomic E-state index is 10.9. The third kappa shape index (κ3) is 19.1. The van der Waals surface area contributed by atoms with E-state index in [1.54, 1.807) is 12.8 Å². The Morgan fingerprint density at radius 1 is 1.00 bits per heavy atom. The van der Waals surface area contributed by atoms with Crippen molar-refractivity contribution >= 4 is 11.9 Å². The van der Waals surface area contributed by atoms with E-state index in [9.17, 15) is 9.59 Å². The molecule has 29 heavy (non-hydrogen) atoms. The molecule has 3 aliphatic heterocycles. The smallest absolute Gasteiger partial charge is 0.384 e. The minimum Gasteiger partial charge on any atom is -0.463 e. The van der Waals surface area contributed by atoms with Gasteiger partial charge in [-0.15, -0.1) is 6.42 Å². The van der Waals surface area contributed by atoms with Gasteiger partial charge in [0.25, 0.3) is 0 Å². The Kier molecular flexibility index (Phi) is 19.2. The molecule has 0 aromatic rings. The molecule has 0 radical (unpaired) electrons. The monoisotopic (exact) mass is 410 g/mol. The molecular formula is C22H38N2O5. The lowest BCUT2D eigenvalue weighted by atomic mass is 10.4. The summed E-state index contributed by atoms with van der Waals surface area (Å²) in [6.07, 6.45) is 15.7. The molecule has 0 spiro atoms. The minimum absolute atomic E-state index is 0.246. The molecule has 0 saturated carbocycles. The van der Waals surface area contributed by atoms with Crippen molar-refractivity contribution in [1.29, 1.82) is 0 Å². The second-order valence-corrected chi connectivity index (χ2v) is 6.45. The Hall–Kier alpha value is -2.04. The summed E-state index contributed by atoms with van der Waals surface area (Å²) in [5.74, 6) is 0.964. The van der Waals surface area contributed by atoms with Crippen LogP contribution in [0.1, 0.15) is 52.4 Å². The number of esters is 2. The Morgan fingerprint density at radius 3 is 1.93 bits per heavy atom. The summed E-state index contributed by atoms with van der Waals surface area (Å²) in [6.45, 7) is 10.9. The van der Waals surface area contributed by atoms with Crippen molar-refractivity contribution in [3.8, 4) is 12.3 Å². The van der Waals surface area contributed by atoms with E-state index >= 15 is 0 Å². The van der Waals surface area contributed by atoms with Crippen LogP contribution in [0.3, 0.4) is 0 Å². The second kappa shape index (κ2) is 20.7. The van der Waals surface area contributed by atoms with Crippen LogP contribution in [0.5, 0.6) is 0 Å². The standard InChI is InChI=1S/C9H15NO2.C5H6O2.C4H9N.C4H8O/c1-2-12-9(11)5-8-10-6-3-4-7-10;1-3-5(6)7-4-2;2*1-2-4-5-3-1/h5,8H,2-4,6-7H2,1H3;1H,4H2,2H3;5H,1-4H2;1-4H2/b8-5+;;;. The molecule has 1 N–H and O–H groups in total. The van der Waals surface area contributed by atoms with Gasteiger partial charge in [0.05, 0.1) is 13.2 Å². The Balaban J connectivity index is 0.000000391. The van der Waals surface area contributed by atoms with Gasteiger partial charge in [-0.1, -0.05) is 0 Å². The van der Waals surface area contributed by atoms with Gasteiger partial charge in [0.1, 0.15) is 0 Å². The highest BCUT2D eigenvalue weighted by Crippen LogP contribution is 2.07. The molecule has 3 fully saturated rings. The molecule has 3 heterocycles. The molecule has 0 amide bonds. The fraction of sp³-hybridized carbons (Fsp3) is 0.727. The third-order valence-electron chi connectivity index (χ3n) is 4.03. The number of rotatable bonds is 4. The average molecular weight is 411 g/mol. The van der Waals surface area contributed by atoms with Gasteiger partial charge in [0.15, 0.2) is 0 Å². The summed E-state index contributed by atoms with van der Waals surface area (Å²) in [4.78, 5) is 23.0. The maximum Gasteiger partial charge on any atom is 0.384 e. The summed E-state index contributed by atoms with van der Waals surface area (Å²) in [5, 5.41) is 3.22. The number of carbonyl (C=O) groups is 2. The van der Waals surface area contributed by atoms with E-state index in [4.69, 9.17) is 9.47 Å². The van der Waals surface area contributed by atoms with Gasteiger partial charge in [0.2, 0.25) is 0 Å². The molecule has 0 atom stereocenters. The van der Waals surface area contributed by atoms with Crippen molar-refractivity contribution < 1.29 is 23.8 Å². The van der Waals surface area contributed by atoms with Crippen molar-refractivity contribution in [3.05, 3.63) is 12.3 Å². The van der Waals surface area contributed by atoms with E-state index in [-0.39, 0.29) is 5.97 Å². The zero-order chi connectivity index (χ0) is 21.6. The van der Waals surface area contributed by atoms with E-state index in [0.717, 1.165) is 26.3 Å². The van der Waals surface area contributed by atoms with E-state index in [1.165, 1.54) is 57.7 Å². The van der Waals surface area contributed by atoms with E-state index < -0.39 is 5.97 Å². The molecule has 3 saturated heterocycles. The summed E-state index contributed by atoms with van der Waals surface area (Å²) in [5.41, 5.74) is 0. The van der Waals surface area contributed by atoms with Crippen LogP contribution in [-0.2, 0) is 23.8 Å². The number of nitrogens with zero attached hydrogens (tertiary/aromatic N) is 1. The highest BCUT2D eigenvalue weighted by atomic mass is 16.5. The minimum atomic E-state index is -0.595. The molecule has 3 rings (SSSR count). The van der Waals surface area contributed by atoms with Crippen LogP contribution in [-0.4, -0.2) is 69.4 Å². The number of nitrogens with one attached hydrogen (secondary N) is 1. The van der Waals surface area contributed by atoms with Crippen molar-refractivity contribution in [1.82, 2.24) is 10.2 Å². The van der Waals surface area contributed by atoms with Gasteiger partial charge in [-0.05, 0) is 65.5 Å². The lowest BCUT2D eigenvalue weighted by Gasteiger charge is -2.09. The lowest BCUT2D eigenvalue weighted by molar-refractivity contribution is -0.137. The molecule has 7 nitrogen and oxygen atoms in total. The van der Waals surface area contributed by atoms with Crippen molar-refractivity contribution in [2.75, 3.05) is 52.6 Å². The number of terminal acetylenes is 1. The number of hydrogen-bond donors (Lipinski definition) is 1. The first-order valence-electron chi connectivity index (χ1n) is 10.6. The van der Waals surface area contributed by atoms with Crippen LogP contribution in [0.2, 0.25) is 0 Å². The topological polar surface area (TPSA) is 77.1 Å². The number of hydrogen-bond acceptors (Lipinski definition) is 7. The summed E-state index contributed by atoms with van der Waals surface area (Å²) in [7, 11) is 0. The summed E-state index contributed by atoms with van der Waals surface area (Å²) in [6, 6.07) is 0. The average Bonchev–Trinajstić information content (AvgIpc) is 3.53. The van der Waals surface area contributed by atoms with E-state index in [0.29, 0.717) is 13.2 Å². The zero-order valence-corrected chi connectivity index (χ0v) is 18.1. The molecule has 7 heteroatoms. The highest BCUT2D eigenvalue weighted by molar-refractivity contribution is 5.87. The van der Waals surface area contributed by atoms with Gasteiger partial charge < -0.3 is 24.4 Å². The predicted molar refractivity (Wildman–Crippen MR) is 114 cm³/mol. The quantitative estimate of drug-likeness (QED) is 0.330. The Labute approximate surface area is 176 Å². The molecule has 0 bridgehead atoms. The molecule has 0 aromatic heterocycles. The molecular weight excluding hydrogens is 372 g/mol. The van der Waals surface area contributed by atoms with Crippen LogP contribution >= 0.6 is 0 Å². The molecule has 0 unspecified atom stereocenters. The summed E-state index contributed by atoms with van der Waals surface area (Å²) >= 11 is 0. The molecule has 0 aromatic carbocycles. The molecule has 166 valence electrons. The van der Waals surface area contributed by atoms with Crippen molar-refractivity contribution in [3.63, 3.8) is 0 Å². The number of likely N-dealkylation sites (tertiary alicyclic amines) is 1. The lowest BCUT2D eigenvalue weighted by Crippen LogP contribution is -2.11.